The van der Waals surface area contributed by atoms with E-state index in [9.17, 15) is 5.11 Å². The van der Waals surface area contributed by atoms with Gasteiger partial charge in [-0.15, -0.1) is 0 Å². The van der Waals surface area contributed by atoms with E-state index in [0.29, 0.717) is 19.8 Å². The average Bonchev–Trinajstić information content (AvgIpc) is 2.75. The van der Waals surface area contributed by atoms with E-state index < -0.39 is 0 Å². The Morgan fingerprint density at radius 2 is 1.95 bits per heavy atom. The van der Waals surface area contributed by atoms with Gasteiger partial charge in [0.2, 0.25) is 0 Å². The average molecular weight is 294 g/mol. The maximum absolute atomic E-state index is 9.24. The molecule has 1 aromatic carbocycles. The number of nitrogens with two attached hydrogens (primary N) is 1. The zero-order chi connectivity index (χ0) is 15.2. The summed E-state index contributed by atoms with van der Waals surface area (Å²) in [5.41, 5.74) is 6.99. The summed E-state index contributed by atoms with van der Waals surface area (Å²) in [7, 11) is 0. The lowest BCUT2D eigenvalue weighted by Gasteiger charge is -2.26. The van der Waals surface area contributed by atoms with Crippen LogP contribution in [-0.2, 0) is 0 Å². The Labute approximate surface area is 126 Å². The molecule has 21 heavy (non-hydrogen) atoms. The van der Waals surface area contributed by atoms with Crippen LogP contribution >= 0.6 is 0 Å². The number of benzene rings is 1. The molecule has 1 aliphatic heterocycles. The van der Waals surface area contributed by atoms with Crippen LogP contribution in [0.4, 0.5) is 0 Å². The lowest BCUT2D eigenvalue weighted by Crippen LogP contribution is -2.39. The van der Waals surface area contributed by atoms with E-state index in [2.05, 4.69) is 12.2 Å². The minimum atomic E-state index is 0.0335. The molecule has 1 heterocycles. The van der Waals surface area contributed by atoms with Crippen molar-refractivity contribution in [3.63, 3.8) is 0 Å². The number of ether oxygens (including phenoxy) is 2. The molecule has 0 spiro atoms. The molecular weight excluding hydrogens is 268 g/mol. The first-order valence-electron chi connectivity index (χ1n) is 7.62. The van der Waals surface area contributed by atoms with E-state index in [1.165, 1.54) is 0 Å². The van der Waals surface area contributed by atoms with Crippen LogP contribution in [0, 0.1) is 5.92 Å². The Morgan fingerprint density at radius 3 is 2.62 bits per heavy atom. The second-order valence-corrected chi connectivity index (χ2v) is 5.66. The molecule has 2 rings (SSSR count). The van der Waals surface area contributed by atoms with Crippen molar-refractivity contribution >= 4 is 0 Å². The summed E-state index contributed by atoms with van der Waals surface area (Å²) in [5.74, 6) is 1.76. The first-order chi connectivity index (χ1) is 10.2. The van der Waals surface area contributed by atoms with Crippen molar-refractivity contribution in [2.75, 3.05) is 26.4 Å². The minimum absolute atomic E-state index is 0.0335. The van der Waals surface area contributed by atoms with Gasteiger partial charge in [0.15, 0.2) is 11.5 Å². The third-order valence-corrected chi connectivity index (χ3v) is 4.02. The van der Waals surface area contributed by atoms with Crippen LogP contribution in [0.15, 0.2) is 18.2 Å². The number of hydrogen-bond donors (Lipinski definition) is 3. The van der Waals surface area contributed by atoms with Gasteiger partial charge in [0.25, 0.3) is 0 Å². The highest BCUT2D eigenvalue weighted by Crippen LogP contribution is 2.32. The van der Waals surface area contributed by atoms with Crippen molar-refractivity contribution in [1.82, 2.24) is 5.32 Å². The maximum atomic E-state index is 9.24. The van der Waals surface area contributed by atoms with E-state index >= 15 is 0 Å². The summed E-state index contributed by atoms with van der Waals surface area (Å²) in [6.07, 6.45) is 0.896. The number of aliphatic hydroxyl groups is 1. The van der Waals surface area contributed by atoms with Gasteiger partial charge in [-0.2, -0.15) is 0 Å². The summed E-state index contributed by atoms with van der Waals surface area (Å²) in [6.45, 7) is 6.09. The SMILES string of the molecule is CC(CO)C(C)NC(CN)c1ccc2c(c1)OCCCO2. The number of fused-ring (bicyclic) bond motifs is 1. The summed E-state index contributed by atoms with van der Waals surface area (Å²) >= 11 is 0. The fourth-order valence-corrected chi connectivity index (χ4v) is 2.34. The second kappa shape index (κ2) is 7.64. The van der Waals surface area contributed by atoms with Crippen LogP contribution in [0.25, 0.3) is 0 Å². The summed E-state index contributed by atoms with van der Waals surface area (Å²) in [5, 5.41) is 12.7. The molecule has 0 fully saturated rings. The van der Waals surface area contributed by atoms with E-state index in [1.54, 1.807) is 0 Å². The number of aliphatic hydroxyl groups excluding tert-OH is 1. The lowest BCUT2D eigenvalue weighted by molar-refractivity contribution is 0.201. The second-order valence-electron chi connectivity index (χ2n) is 5.66. The van der Waals surface area contributed by atoms with Crippen LogP contribution in [0.5, 0.6) is 11.5 Å². The molecule has 4 N–H and O–H groups in total. The van der Waals surface area contributed by atoms with Crippen LogP contribution in [0.1, 0.15) is 31.9 Å². The molecule has 0 aliphatic carbocycles. The Balaban J connectivity index is 2.13. The van der Waals surface area contributed by atoms with Crippen LogP contribution in [-0.4, -0.2) is 37.5 Å². The Kier molecular flexibility index (Phi) is 5.85. The Morgan fingerprint density at radius 1 is 1.24 bits per heavy atom. The summed E-state index contributed by atoms with van der Waals surface area (Å²) < 4.78 is 11.4. The van der Waals surface area contributed by atoms with Crippen molar-refractivity contribution in [2.45, 2.75) is 32.4 Å². The van der Waals surface area contributed by atoms with Crippen LogP contribution in [0.2, 0.25) is 0 Å². The van der Waals surface area contributed by atoms with Gasteiger partial charge in [0, 0.05) is 31.7 Å². The van der Waals surface area contributed by atoms with Gasteiger partial charge < -0.3 is 25.6 Å². The van der Waals surface area contributed by atoms with E-state index in [0.717, 1.165) is 23.5 Å². The lowest BCUT2D eigenvalue weighted by atomic mass is 10.0. The van der Waals surface area contributed by atoms with Gasteiger partial charge in [0.05, 0.1) is 13.2 Å². The fraction of sp³-hybridized carbons (Fsp3) is 0.625. The van der Waals surface area contributed by atoms with Crippen molar-refractivity contribution in [2.24, 2.45) is 11.7 Å². The van der Waals surface area contributed by atoms with Gasteiger partial charge in [-0.05, 0) is 30.5 Å². The number of hydrogen-bond acceptors (Lipinski definition) is 5. The molecular formula is C16H26N2O3. The topological polar surface area (TPSA) is 76.7 Å². The quantitative estimate of drug-likeness (QED) is 0.740. The normalized spacial score (nSPS) is 18.7. The molecule has 3 atom stereocenters. The van der Waals surface area contributed by atoms with E-state index in [-0.39, 0.29) is 24.6 Å². The number of nitrogens with one attached hydrogen (secondary N) is 1. The van der Waals surface area contributed by atoms with Crippen molar-refractivity contribution < 1.29 is 14.6 Å². The summed E-state index contributed by atoms with van der Waals surface area (Å²) in [4.78, 5) is 0. The zero-order valence-corrected chi connectivity index (χ0v) is 12.8. The fourth-order valence-electron chi connectivity index (χ4n) is 2.34. The maximum Gasteiger partial charge on any atom is 0.161 e. The predicted octanol–water partition coefficient (Wildman–Crippen LogP) is 1.45. The summed E-state index contributed by atoms with van der Waals surface area (Å²) in [6, 6.07) is 6.18. The highest BCUT2D eigenvalue weighted by Gasteiger charge is 2.19. The third-order valence-electron chi connectivity index (χ3n) is 4.02. The highest BCUT2D eigenvalue weighted by atomic mass is 16.5. The molecule has 118 valence electrons. The predicted molar refractivity (Wildman–Crippen MR) is 82.7 cm³/mol. The van der Waals surface area contributed by atoms with Gasteiger partial charge in [-0.1, -0.05) is 13.0 Å². The Bertz CT molecular complexity index is 453. The molecule has 0 aromatic heterocycles. The molecule has 0 bridgehead atoms. The molecule has 5 heteroatoms. The van der Waals surface area contributed by atoms with Crippen LogP contribution < -0.4 is 20.5 Å². The van der Waals surface area contributed by atoms with Gasteiger partial charge in [0.1, 0.15) is 0 Å². The number of rotatable bonds is 6. The molecule has 3 unspecified atom stereocenters. The molecule has 0 amide bonds. The monoisotopic (exact) mass is 294 g/mol. The molecule has 5 nitrogen and oxygen atoms in total. The molecule has 0 saturated carbocycles. The third kappa shape index (κ3) is 4.09. The standard InChI is InChI=1S/C16H26N2O3/c1-11(10-19)12(2)18-14(9-17)13-4-5-15-16(8-13)21-7-3-6-20-15/h4-5,8,11-12,14,18-19H,3,6-7,9-10,17H2,1-2H3. The molecule has 1 aliphatic rings. The molecule has 0 saturated heterocycles. The molecule has 1 aromatic rings. The smallest absolute Gasteiger partial charge is 0.161 e. The largest absolute Gasteiger partial charge is 0.490 e. The van der Waals surface area contributed by atoms with E-state index in [4.69, 9.17) is 15.2 Å². The van der Waals surface area contributed by atoms with Gasteiger partial charge in [-0.25, -0.2) is 0 Å². The van der Waals surface area contributed by atoms with Gasteiger partial charge >= 0.3 is 0 Å². The highest BCUT2D eigenvalue weighted by molar-refractivity contribution is 5.44. The first kappa shape index (κ1) is 16.1. The zero-order valence-electron chi connectivity index (χ0n) is 12.8. The van der Waals surface area contributed by atoms with Crippen LogP contribution in [0.3, 0.4) is 0 Å². The van der Waals surface area contributed by atoms with Crippen molar-refractivity contribution in [3.05, 3.63) is 23.8 Å². The van der Waals surface area contributed by atoms with Gasteiger partial charge in [-0.3, -0.25) is 0 Å². The first-order valence-corrected chi connectivity index (χ1v) is 7.62. The Hall–Kier alpha value is -1.30. The van der Waals surface area contributed by atoms with Crippen molar-refractivity contribution in [1.29, 1.82) is 0 Å². The molecule has 0 radical (unpaired) electrons. The van der Waals surface area contributed by atoms with E-state index in [1.807, 2.05) is 25.1 Å². The van der Waals surface area contributed by atoms with Crippen molar-refractivity contribution in [3.8, 4) is 11.5 Å². The minimum Gasteiger partial charge on any atom is -0.490 e.